The van der Waals surface area contributed by atoms with Crippen molar-refractivity contribution >= 4 is 40.2 Å². The Morgan fingerprint density at radius 1 is 1.06 bits per heavy atom. The number of anilines is 3. The van der Waals surface area contributed by atoms with E-state index in [1.54, 1.807) is 22.7 Å². The number of para-hydroxylation sites is 1. The Balaban J connectivity index is 1.33. The summed E-state index contributed by atoms with van der Waals surface area (Å²) in [5, 5.41) is 8.18. The number of pyridine rings is 1. The Morgan fingerprint density at radius 2 is 1.91 bits per heavy atom. The van der Waals surface area contributed by atoms with Crippen LogP contribution >= 0.6 is 11.3 Å². The highest BCUT2D eigenvalue weighted by atomic mass is 32.1. The fraction of sp³-hybridized carbons (Fsp3) is 0.304. The third-order valence-electron chi connectivity index (χ3n) is 5.78. The number of rotatable bonds is 4. The van der Waals surface area contributed by atoms with Gasteiger partial charge in [-0.05, 0) is 30.5 Å². The van der Waals surface area contributed by atoms with Gasteiger partial charge >= 0.3 is 0 Å². The maximum atomic E-state index is 13.1. The van der Waals surface area contributed by atoms with Crippen LogP contribution in [0.5, 0.6) is 0 Å². The number of hydrogen-bond donors (Lipinski definition) is 2. The van der Waals surface area contributed by atoms with Crippen LogP contribution in [0.15, 0.2) is 48.1 Å². The molecule has 1 saturated heterocycles. The molecule has 0 radical (unpaired) electrons. The molecule has 0 bridgehead atoms. The highest BCUT2D eigenvalue weighted by Crippen LogP contribution is 2.29. The first kappa shape index (κ1) is 20.6. The highest BCUT2D eigenvalue weighted by Gasteiger charge is 2.26. The lowest BCUT2D eigenvalue weighted by molar-refractivity contribution is 0.0981. The second kappa shape index (κ2) is 9.05. The van der Waals surface area contributed by atoms with E-state index in [0.717, 1.165) is 56.0 Å². The van der Waals surface area contributed by atoms with Gasteiger partial charge in [0.1, 0.15) is 5.69 Å². The Labute approximate surface area is 190 Å². The van der Waals surface area contributed by atoms with Gasteiger partial charge in [0.25, 0.3) is 11.8 Å². The highest BCUT2D eigenvalue weighted by molar-refractivity contribution is 7.12. The number of carbonyl (C=O) groups excluding carboxylic acids is 2. The van der Waals surface area contributed by atoms with E-state index in [2.05, 4.69) is 31.6 Å². The van der Waals surface area contributed by atoms with Crippen molar-refractivity contribution in [1.82, 2.24) is 15.3 Å². The van der Waals surface area contributed by atoms with E-state index in [1.807, 2.05) is 24.3 Å². The Morgan fingerprint density at radius 3 is 2.78 bits per heavy atom. The lowest BCUT2D eigenvalue weighted by atomic mass is 10.0. The standard InChI is InChI=1S/C23H24N6O2S/c30-21(26-17-14-25-8-7-20(17)28-12-9-24-10-13-28)22-27-18(15-32-22)23(31)29-11-3-5-16-4-1-2-6-19(16)29/h1-2,4,6-8,14-15,24H,3,5,9-13H2,(H,26,30). The van der Waals surface area contributed by atoms with Crippen LogP contribution in [0.1, 0.15) is 32.3 Å². The molecule has 0 saturated carbocycles. The maximum absolute atomic E-state index is 13.1. The summed E-state index contributed by atoms with van der Waals surface area (Å²) in [5.41, 5.74) is 3.97. The van der Waals surface area contributed by atoms with Gasteiger partial charge in [-0.3, -0.25) is 14.6 Å². The molecule has 32 heavy (non-hydrogen) atoms. The average Bonchev–Trinajstić information content (AvgIpc) is 3.35. The first-order chi connectivity index (χ1) is 15.7. The molecule has 2 amide bonds. The van der Waals surface area contributed by atoms with Gasteiger partial charge in [0.2, 0.25) is 0 Å². The predicted molar refractivity (Wildman–Crippen MR) is 126 cm³/mol. The van der Waals surface area contributed by atoms with Crippen LogP contribution in [0.2, 0.25) is 0 Å². The second-order valence-electron chi connectivity index (χ2n) is 7.81. The molecule has 5 rings (SSSR count). The monoisotopic (exact) mass is 448 g/mol. The van der Waals surface area contributed by atoms with E-state index in [4.69, 9.17) is 0 Å². The fourth-order valence-electron chi connectivity index (χ4n) is 4.20. The van der Waals surface area contributed by atoms with Crippen molar-refractivity contribution in [3.63, 3.8) is 0 Å². The number of aryl methyl sites for hydroxylation is 1. The molecule has 2 aliphatic heterocycles. The lowest BCUT2D eigenvalue weighted by Gasteiger charge is -2.30. The van der Waals surface area contributed by atoms with Gasteiger partial charge in [0.15, 0.2) is 5.01 Å². The molecule has 164 valence electrons. The van der Waals surface area contributed by atoms with Crippen LogP contribution in [0, 0.1) is 0 Å². The minimum Gasteiger partial charge on any atom is -0.367 e. The minimum atomic E-state index is -0.336. The third-order valence-corrected chi connectivity index (χ3v) is 6.62. The molecule has 2 aromatic heterocycles. The van der Waals surface area contributed by atoms with E-state index < -0.39 is 0 Å². The molecule has 0 unspecified atom stereocenters. The van der Waals surface area contributed by atoms with Gasteiger partial charge in [-0.25, -0.2) is 4.98 Å². The van der Waals surface area contributed by atoms with Crippen LogP contribution < -0.4 is 20.4 Å². The molecule has 4 heterocycles. The van der Waals surface area contributed by atoms with Crippen LogP contribution in [-0.4, -0.2) is 54.5 Å². The van der Waals surface area contributed by atoms with Crippen molar-refractivity contribution in [2.45, 2.75) is 12.8 Å². The van der Waals surface area contributed by atoms with Crippen LogP contribution in [0.3, 0.4) is 0 Å². The number of benzene rings is 1. The Bertz CT molecular complexity index is 1140. The fourth-order valence-corrected chi connectivity index (χ4v) is 4.89. The number of aromatic nitrogens is 2. The number of fused-ring (bicyclic) bond motifs is 1. The quantitative estimate of drug-likeness (QED) is 0.638. The van der Waals surface area contributed by atoms with Crippen molar-refractivity contribution in [1.29, 1.82) is 0 Å². The zero-order chi connectivity index (χ0) is 21.9. The number of thiazole rings is 1. The molecule has 2 N–H and O–H groups in total. The van der Waals surface area contributed by atoms with Crippen LogP contribution in [-0.2, 0) is 6.42 Å². The third kappa shape index (κ3) is 4.09. The summed E-state index contributed by atoms with van der Waals surface area (Å²) in [7, 11) is 0. The molecule has 0 aliphatic carbocycles. The Hall–Kier alpha value is -3.30. The van der Waals surface area contributed by atoms with Gasteiger partial charge < -0.3 is 20.4 Å². The summed E-state index contributed by atoms with van der Waals surface area (Å²) in [6.07, 6.45) is 5.25. The van der Waals surface area contributed by atoms with Gasteiger partial charge in [-0.2, -0.15) is 0 Å². The summed E-state index contributed by atoms with van der Waals surface area (Å²) < 4.78 is 0. The van der Waals surface area contributed by atoms with E-state index in [0.29, 0.717) is 17.9 Å². The molecule has 2 aliphatic rings. The molecule has 8 nitrogen and oxygen atoms in total. The largest absolute Gasteiger partial charge is 0.367 e. The van der Waals surface area contributed by atoms with E-state index in [9.17, 15) is 9.59 Å². The molecular weight excluding hydrogens is 424 g/mol. The van der Waals surface area contributed by atoms with Crippen molar-refractivity contribution in [3.8, 4) is 0 Å². The zero-order valence-corrected chi connectivity index (χ0v) is 18.4. The Kier molecular flexibility index (Phi) is 5.83. The molecule has 9 heteroatoms. The number of nitrogens with one attached hydrogen (secondary N) is 2. The number of hydrogen-bond acceptors (Lipinski definition) is 7. The smallest absolute Gasteiger partial charge is 0.284 e. The minimum absolute atomic E-state index is 0.171. The number of carbonyl (C=O) groups is 2. The molecular formula is C23H24N6O2S. The summed E-state index contributed by atoms with van der Waals surface area (Å²) in [4.78, 5) is 38.6. The number of amides is 2. The lowest BCUT2D eigenvalue weighted by Crippen LogP contribution is -2.43. The van der Waals surface area contributed by atoms with Crippen molar-refractivity contribution in [2.75, 3.05) is 47.8 Å². The van der Waals surface area contributed by atoms with Crippen molar-refractivity contribution in [3.05, 3.63) is 64.4 Å². The van der Waals surface area contributed by atoms with E-state index in [-0.39, 0.29) is 16.8 Å². The summed E-state index contributed by atoms with van der Waals surface area (Å²) in [6.45, 7) is 4.17. The number of piperazine rings is 1. The van der Waals surface area contributed by atoms with Gasteiger partial charge in [0.05, 0.1) is 17.6 Å². The van der Waals surface area contributed by atoms with Gasteiger partial charge in [0, 0.05) is 50.0 Å². The molecule has 1 aromatic carbocycles. The zero-order valence-electron chi connectivity index (χ0n) is 17.6. The molecule has 3 aromatic rings. The van der Waals surface area contributed by atoms with Crippen molar-refractivity contribution < 1.29 is 9.59 Å². The summed E-state index contributed by atoms with van der Waals surface area (Å²) >= 11 is 1.18. The number of nitrogens with zero attached hydrogens (tertiary/aromatic N) is 4. The summed E-state index contributed by atoms with van der Waals surface area (Å²) in [5.74, 6) is -0.507. The maximum Gasteiger partial charge on any atom is 0.284 e. The average molecular weight is 449 g/mol. The van der Waals surface area contributed by atoms with Crippen LogP contribution in [0.25, 0.3) is 0 Å². The molecule has 1 fully saturated rings. The van der Waals surface area contributed by atoms with Crippen LogP contribution in [0.4, 0.5) is 17.1 Å². The van der Waals surface area contributed by atoms with Gasteiger partial charge in [-0.1, -0.05) is 18.2 Å². The van der Waals surface area contributed by atoms with Crippen molar-refractivity contribution in [2.24, 2.45) is 0 Å². The SMILES string of the molecule is O=C(Nc1cnccc1N1CCNCC1)c1nc(C(=O)N2CCCc3ccccc32)cs1. The predicted octanol–water partition coefficient (Wildman–Crippen LogP) is 2.79. The summed E-state index contributed by atoms with van der Waals surface area (Å²) in [6, 6.07) is 9.86. The van der Waals surface area contributed by atoms with E-state index in [1.165, 1.54) is 11.3 Å². The van der Waals surface area contributed by atoms with E-state index >= 15 is 0 Å². The second-order valence-corrected chi connectivity index (χ2v) is 8.67. The first-order valence-corrected chi connectivity index (χ1v) is 11.6. The van der Waals surface area contributed by atoms with Gasteiger partial charge in [-0.15, -0.1) is 11.3 Å². The molecule has 0 spiro atoms. The first-order valence-electron chi connectivity index (χ1n) is 10.8. The topological polar surface area (TPSA) is 90.5 Å². The molecule has 0 atom stereocenters. The normalized spacial score (nSPS) is 15.9.